The predicted molar refractivity (Wildman–Crippen MR) is 62.6 cm³/mol. The van der Waals surface area contributed by atoms with Gasteiger partial charge in [0.25, 0.3) is 5.91 Å². The first-order chi connectivity index (χ1) is 7.61. The van der Waals surface area contributed by atoms with Gasteiger partial charge >= 0.3 is 0 Å². The summed E-state index contributed by atoms with van der Waals surface area (Å²) in [5.41, 5.74) is 0.507. The van der Waals surface area contributed by atoms with E-state index < -0.39 is 0 Å². The quantitative estimate of drug-likeness (QED) is 0.782. The van der Waals surface area contributed by atoms with E-state index in [0.717, 1.165) is 6.42 Å². The van der Waals surface area contributed by atoms with Crippen LogP contribution in [0.2, 0.25) is 0 Å². The van der Waals surface area contributed by atoms with Crippen molar-refractivity contribution in [3.05, 3.63) is 23.9 Å². The molecule has 0 aliphatic rings. The maximum atomic E-state index is 12.1. The number of ether oxygens (including phenoxy) is 1. The second kappa shape index (κ2) is 5.49. The molecule has 0 N–H and O–H groups in total. The Labute approximate surface area is 96.2 Å². The molecule has 1 amide bonds. The third-order valence-corrected chi connectivity index (χ3v) is 2.77. The van der Waals surface area contributed by atoms with E-state index in [1.165, 1.54) is 7.11 Å². The molecule has 4 nitrogen and oxygen atoms in total. The minimum atomic E-state index is -0.0562. The topological polar surface area (TPSA) is 42.4 Å². The Bertz CT molecular complexity index is 366. The van der Waals surface area contributed by atoms with Crippen molar-refractivity contribution in [3.63, 3.8) is 0 Å². The zero-order chi connectivity index (χ0) is 12.1. The van der Waals surface area contributed by atoms with Crippen LogP contribution in [-0.4, -0.2) is 36.0 Å². The number of rotatable bonds is 4. The highest BCUT2D eigenvalue weighted by molar-refractivity contribution is 5.96. The first kappa shape index (κ1) is 12.5. The van der Waals surface area contributed by atoms with E-state index in [-0.39, 0.29) is 11.9 Å². The molecule has 1 rings (SSSR count). The van der Waals surface area contributed by atoms with E-state index in [1.54, 1.807) is 30.3 Å². The van der Waals surface area contributed by atoms with Gasteiger partial charge in [0.05, 0.1) is 7.11 Å². The average Bonchev–Trinajstić information content (AvgIpc) is 2.35. The molecule has 1 heterocycles. The molecule has 0 aliphatic heterocycles. The number of nitrogens with zero attached hydrogens (tertiary/aromatic N) is 2. The smallest absolute Gasteiger partial charge is 0.259 e. The van der Waals surface area contributed by atoms with Crippen LogP contribution in [0, 0.1) is 0 Å². The lowest BCUT2D eigenvalue weighted by atomic mass is 10.2. The summed E-state index contributed by atoms with van der Waals surface area (Å²) in [6.45, 7) is 4.07. The molecule has 0 radical (unpaired) electrons. The molecule has 4 heteroatoms. The number of hydrogen-bond donors (Lipinski definition) is 0. The molecule has 0 spiro atoms. The van der Waals surface area contributed by atoms with Crippen LogP contribution in [-0.2, 0) is 0 Å². The van der Waals surface area contributed by atoms with Gasteiger partial charge in [-0.25, -0.2) is 4.98 Å². The van der Waals surface area contributed by atoms with Gasteiger partial charge in [0.2, 0.25) is 5.88 Å². The minimum absolute atomic E-state index is 0.0562. The molecule has 1 aromatic heterocycles. The lowest BCUT2D eigenvalue weighted by molar-refractivity contribution is 0.0736. The molecular formula is C12H18N2O2. The number of pyridine rings is 1. The fraction of sp³-hybridized carbons (Fsp3) is 0.500. The summed E-state index contributed by atoms with van der Waals surface area (Å²) in [7, 11) is 3.31. The van der Waals surface area contributed by atoms with Gasteiger partial charge in [0.15, 0.2) is 0 Å². The fourth-order valence-corrected chi connectivity index (χ4v) is 1.38. The zero-order valence-electron chi connectivity index (χ0n) is 10.2. The van der Waals surface area contributed by atoms with Crippen LogP contribution < -0.4 is 4.74 Å². The van der Waals surface area contributed by atoms with E-state index in [9.17, 15) is 4.79 Å². The maximum absolute atomic E-state index is 12.1. The summed E-state index contributed by atoms with van der Waals surface area (Å²) < 4.78 is 5.07. The second-order valence-electron chi connectivity index (χ2n) is 3.73. The second-order valence-corrected chi connectivity index (χ2v) is 3.73. The van der Waals surface area contributed by atoms with Crippen LogP contribution in [0.15, 0.2) is 18.3 Å². The van der Waals surface area contributed by atoms with Crippen molar-refractivity contribution in [1.82, 2.24) is 9.88 Å². The maximum Gasteiger partial charge on any atom is 0.259 e. The molecule has 0 bridgehead atoms. The standard InChI is InChI=1S/C12H18N2O2/c1-5-9(2)14(3)12(15)10-7-6-8-13-11(10)16-4/h6-9H,5H2,1-4H3. The summed E-state index contributed by atoms with van der Waals surface area (Å²) in [4.78, 5) is 17.9. The van der Waals surface area contributed by atoms with E-state index in [4.69, 9.17) is 4.74 Å². The van der Waals surface area contributed by atoms with Gasteiger partial charge in [-0.3, -0.25) is 4.79 Å². The number of methoxy groups -OCH3 is 1. The molecule has 0 aliphatic carbocycles. The zero-order valence-corrected chi connectivity index (χ0v) is 10.2. The van der Waals surface area contributed by atoms with Crippen molar-refractivity contribution in [2.45, 2.75) is 26.3 Å². The van der Waals surface area contributed by atoms with Gasteiger partial charge in [-0.05, 0) is 25.5 Å². The van der Waals surface area contributed by atoms with Crippen molar-refractivity contribution in [2.75, 3.05) is 14.2 Å². The Balaban J connectivity index is 2.95. The van der Waals surface area contributed by atoms with Gasteiger partial charge in [0.1, 0.15) is 5.56 Å². The van der Waals surface area contributed by atoms with Gasteiger partial charge in [-0.2, -0.15) is 0 Å². The molecule has 0 saturated heterocycles. The van der Waals surface area contributed by atoms with E-state index in [0.29, 0.717) is 11.4 Å². The lowest BCUT2D eigenvalue weighted by Crippen LogP contribution is -2.34. The molecule has 0 saturated carbocycles. The van der Waals surface area contributed by atoms with Gasteiger partial charge in [-0.1, -0.05) is 6.92 Å². The Morgan fingerprint density at radius 2 is 2.31 bits per heavy atom. The highest BCUT2D eigenvalue weighted by atomic mass is 16.5. The van der Waals surface area contributed by atoms with Crippen LogP contribution in [0.4, 0.5) is 0 Å². The van der Waals surface area contributed by atoms with Crippen LogP contribution in [0.5, 0.6) is 5.88 Å². The normalized spacial score (nSPS) is 12.0. The summed E-state index contributed by atoms with van der Waals surface area (Å²) >= 11 is 0. The van der Waals surface area contributed by atoms with Crippen LogP contribution in [0.1, 0.15) is 30.6 Å². The summed E-state index contributed by atoms with van der Waals surface area (Å²) in [5, 5.41) is 0. The molecule has 0 fully saturated rings. The Hall–Kier alpha value is -1.58. The van der Waals surface area contributed by atoms with Crippen molar-refractivity contribution in [1.29, 1.82) is 0 Å². The lowest BCUT2D eigenvalue weighted by Gasteiger charge is -2.24. The number of carbonyl (C=O) groups is 1. The SMILES string of the molecule is CCC(C)N(C)C(=O)c1cccnc1OC. The van der Waals surface area contributed by atoms with Crippen molar-refractivity contribution < 1.29 is 9.53 Å². The van der Waals surface area contributed by atoms with Crippen molar-refractivity contribution in [2.24, 2.45) is 0 Å². The van der Waals surface area contributed by atoms with Crippen molar-refractivity contribution in [3.8, 4) is 5.88 Å². The number of hydrogen-bond acceptors (Lipinski definition) is 3. The highest BCUT2D eigenvalue weighted by Gasteiger charge is 2.19. The molecule has 1 unspecified atom stereocenters. The molecule has 1 aromatic rings. The minimum Gasteiger partial charge on any atom is -0.480 e. The van der Waals surface area contributed by atoms with Crippen LogP contribution in [0.3, 0.4) is 0 Å². The predicted octanol–water partition coefficient (Wildman–Crippen LogP) is 1.96. The molecular weight excluding hydrogens is 204 g/mol. The molecule has 1 atom stereocenters. The van der Waals surface area contributed by atoms with Crippen LogP contribution in [0.25, 0.3) is 0 Å². The molecule has 88 valence electrons. The Kier molecular flexibility index (Phi) is 4.28. The monoisotopic (exact) mass is 222 g/mol. The Morgan fingerprint density at radius 1 is 1.62 bits per heavy atom. The number of aromatic nitrogens is 1. The molecule has 0 aromatic carbocycles. The van der Waals surface area contributed by atoms with E-state index in [1.807, 2.05) is 6.92 Å². The average molecular weight is 222 g/mol. The highest BCUT2D eigenvalue weighted by Crippen LogP contribution is 2.17. The molecule has 16 heavy (non-hydrogen) atoms. The first-order valence-electron chi connectivity index (χ1n) is 5.38. The Morgan fingerprint density at radius 3 is 2.88 bits per heavy atom. The summed E-state index contributed by atoms with van der Waals surface area (Å²) in [6.07, 6.45) is 2.53. The third kappa shape index (κ3) is 2.51. The van der Waals surface area contributed by atoms with E-state index in [2.05, 4.69) is 11.9 Å². The van der Waals surface area contributed by atoms with Gasteiger partial charge in [0, 0.05) is 19.3 Å². The van der Waals surface area contributed by atoms with E-state index >= 15 is 0 Å². The number of carbonyl (C=O) groups excluding carboxylic acids is 1. The number of amides is 1. The van der Waals surface area contributed by atoms with Crippen LogP contribution >= 0.6 is 0 Å². The largest absolute Gasteiger partial charge is 0.480 e. The van der Waals surface area contributed by atoms with Gasteiger partial charge in [-0.15, -0.1) is 0 Å². The third-order valence-electron chi connectivity index (χ3n) is 2.77. The van der Waals surface area contributed by atoms with Gasteiger partial charge < -0.3 is 9.64 Å². The first-order valence-corrected chi connectivity index (χ1v) is 5.38. The summed E-state index contributed by atoms with van der Waals surface area (Å²) in [5.74, 6) is 0.321. The van der Waals surface area contributed by atoms with Crippen molar-refractivity contribution >= 4 is 5.91 Å². The summed E-state index contributed by atoms with van der Waals surface area (Å²) in [6, 6.07) is 3.67. The fourth-order valence-electron chi connectivity index (χ4n) is 1.38.